The van der Waals surface area contributed by atoms with Crippen molar-refractivity contribution < 1.29 is 4.79 Å². The topological polar surface area (TPSA) is 79.2 Å². The number of imidazole rings is 1. The first-order chi connectivity index (χ1) is 11.6. The predicted molar refractivity (Wildman–Crippen MR) is 90.9 cm³/mol. The number of amides is 1. The second-order valence-electron chi connectivity index (χ2n) is 6.17. The molecule has 0 atom stereocenters. The van der Waals surface area contributed by atoms with Gasteiger partial charge in [0.15, 0.2) is 5.82 Å². The van der Waals surface area contributed by atoms with E-state index in [-0.39, 0.29) is 5.91 Å². The number of hydrogen-bond acceptors (Lipinski definition) is 6. The van der Waals surface area contributed by atoms with Crippen molar-refractivity contribution in [2.24, 2.45) is 7.05 Å². The van der Waals surface area contributed by atoms with Crippen molar-refractivity contribution in [1.82, 2.24) is 29.7 Å². The molecule has 0 unspecified atom stereocenters. The van der Waals surface area contributed by atoms with E-state index in [1.807, 2.05) is 30.6 Å². The fourth-order valence-corrected chi connectivity index (χ4v) is 2.83. The highest BCUT2D eigenvalue weighted by Gasteiger charge is 2.26. The fourth-order valence-electron chi connectivity index (χ4n) is 2.83. The molecule has 2 aromatic heterocycles. The molecule has 1 N–H and O–H groups in total. The quantitative estimate of drug-likeness (QED) is 0.836. The molecule has 0 saturated carbocycles. The Morgan fingerprint density at radius 2 is 2.08 bits per heavy atom. The summed E-state index contributed by atoms with van der Waals surface area (Å²) in [5.41, 5.74) is 2.04. The number of carbonyl (C=O) groups excluding carboxylic acids is 1. The molecule has 3 rings (SSSR count). The Balaban J connectivity index is 1.73. The van der Waals surface area contributed by atoms with Crippen LogP contribution in [-0.4, -0.2) is 64.1 Å². The van der Waals surface area contributed by atoms with Gasteiger partial charge in [0.1, 0.15) is 0 Å². The molecular weight excluding hydrogens is 306 g/mol. The Bertz CT molecular complexity index is 711. The van der Waals surface area contributed by atoms with Gasteiger partial charge in [0, 0.05) is 51.2 Å². The zero-order valence-electron chi connectivity index (χ0n) is 14.4. The van der Waals surface area contributed by atoms with Crippen LogP contribution in [0.5, 0.6) is 0 Å². The van der Waals surface area contributed by atoms with Crippen molar-refractivity contribution in [3.8, 4) is 0 Å². The standard InChI is InChI=1S/C16H23N7O/c1-21(2)10-8-17-15(24)14-20-12-11-23(9-5-13(12)22(14)3)16-18-6-4-7-19-16/h4,6-7H,5,8-11H2,1-3H3,(H,17,24). The van der Waals surface area contributed by atoms with E-state index in [4.69, 9.17) is 0 Å². The summed E-state index contributed by atoms with van der Waals surface area (Å²) in [6, 6.07) is 1.80. The number of fused-ring (bicyclic) bond motifs is 1. The van der Waals surface area contributed by atoms with Crippen LogP contribution in [0.4, 0.5) is 5.95 Å². The minimum absolute atomic E-state index is 0.128. The maximum Gasteiger partial charge on any atom is 0.287 e. The zero-order valence-corrected chi connectivity index (χ0v) is 14.4. The van der Waals surface area contributed by atoms with E-state index >= 15 is 0 Å². The average Bonchev–Trinajstić information content (AvgIpc) is 2.91. The van der Waals surface area contributed by atoms with E-state index in [9.17, 15) is 4.79 Å². The fraction of sp³-hybridized carbons (Fsp3) is 0.500. The number of carbonyl (C=O) groups is 1. The lowest BCUT2D eigenvalue weighted by Crippen LogP contribution is -2.33. The Kier molecular flexibility index (Phi) is 4.75. The van der Waals surface area contributed by atoms with Gasteiger partial charge in [-0.1, -0.05) is 0 Å². The number of nitrogens with one attached hydrogen (secondary N) is 1. The normalized spacial score (nSPS) is 13.9. The summed E-state index contributed by atoms with van der Waals surface area (Å²) in [5.74, 6) is 1.04. The smallest absolute Gasteiger partial charge is 0.287 e. The van der Waals surface area contributed by atoms with Gasteiger partial charge in [-0.25, -0.2) is 15.0 Å². The van der Waals surface area contributed by atoms with Gasteiger partial charge in [-0.15, -0.1) is 0 Å². The Labute approximate surface area is 141 Å². The van der Waals surface area contributed by atoms with E-state index in [1.165, 1.54) is 0 Å². The summed E-state index contributed by atoms with van der Waals surface area (Å²) in [4.78, 5) is 29.6. The average molecular weight is 329 g/mol. The van der Waals surface area contributed by atoms with Crippen LogP contribution < -0.4 is 10.2 Å². The van der Waals surface area contributed by atoms with Crippen LogP contribution in [0.3, 0.4) is 0 Å². The highest BCUT2D eigenvalue weighted by molar-refractivity contribution is 5.91. The number of nitrogens with zero attached hydrogens (tertiary/aromatic N) is 6. The molecule has 8 heteroatoms. The van der Waals surface area contributed by atoms with Crippen LogP contribution in [0.25, 0.3) is 0 Å². The number of likely N-dealkylation sites (N-methyl/N-ethyl adjacent to an activating group) is 1. The lowest BCUT2D eigenvalue weighted by Gasteiger charge is -2.26. The van der Waals surface area contributed by atoms with Crippen molar-refractivity contribution >= 4 is 11.9 Å². The summed E-state index contributed by atoms with van der Waals surface area (Å²) >= 11 is 0. The number of anilines is 1. The summed E-state index contributed by atoms with van der Waals surface area (Å²) in [6.45, 7) is 2.85. The summed E-state index contributed by atoms with van der Waals surface area (Å²) in [6.07, 6.45) is 4.29. The van der Waals surface area contributed by atoms with Gasteiger partial charge in [0.25, 0.3) is 5.91 Å². The van der Waals surface area contributed by atoms with Gasteiger partial charge in [-0.3, -0.25) is 4.79 Å². The highest BCUT2D eigenvalue weighted by atomic mass is 16.2. The molecule has 128 valence electrons. The molecule has 24 heavy (non-hydrogen) atoms. The van der Waals surface area contributed by atoms with Gasteiger partial charge in [-0.2, -0.15) is 0 Å². The van der Waals surface area contributed by atoms with Gasteiger partial charge >= 0.3 is 0 Å². The maximum atomic E-state index is 12.4. The molecule has 0 bridgehead atoms. The molecule has 1 aliphatic rings. The van der Waals surface area contributed by atoms with Gasteiger partial charge in [0.05, 0.1) is 12.2 Å². The van der Waals surface area contributed by atoms with Gasteiger partial charge in [0.2, 0.25) is 5.95 Å². The molecule has 0 aromatic carbocycles. The van der Waals surface area contributed by atoms with E-state index in [2.05, 4.69) is 25.2 Å². The molecule has 2 aromatic rings. The first-order valence-corrected chi connectivity index (χ1v) is 8.05. The van der Waals surface area contributed by atoms with Crippen LogP contribution in [0.1, 0.15) is 22.0 Å². The first kappa shape index (κ1) is 16.4. The third-order valence-corrected chi connectivity index (χ3v) is 4.14. The van der Waals surface area contributed by atoms with Crippen LogP contribution in [0.2, 0.25) is 0 Å². The minimum atomic E-state index is -0.128. The Hall–Kier alpha value is -2.48. The summed E-state index contributed by atoms with van der Waals surface area (Å²) < 4.78 is 1.91. The number of hydrogen-bond donors (Lipinski definition) is 1. The van der Waals surface area contributed by atoms with Gasteiger partial charge in [-0.05, 0) is 20.2 Å². The molecule has 0 spiro atoms. The van der Waals surface area contributed by atoms with Crippen LogP contribution >= 0.6 is 0 Å². The van der Waals surface area contributed by atoms with Crippen molar-refractivity contribution in [1.29, 1.82) is 0 Å². The molecule has 1 amide bonds. The Morgan fingerprint density at radius 3 is 2.79 bits per heavy atom. The van der Waals surface area contributed by atoms with Crippen LogP contribution in [0.15, 0.2) is 18.5 Å². The van der Waals surface area contributed by atoms with E-state index in [0.717, 1.165) is 30.9 Å². The van der Waals surface area contributed by atoms with Crippen molar-refractivity contribution in [3.63, 3.8) is 0 Å². The molecule has 0 saturated heterocycles. The molecule has 0 aliphatic carbocycles. The van der Waals surface area contributed by atoms with E-state index in [1.54, 1.807) is 18.5 Å². The third kappa shape index (κ3) is 3.38. The lowest BCUT2D eigenvalue weighted by atomic mass is 10.1. The first-order valence-electron chi connectivity index (χ1n) is 8.05. The second kappa shape index (κ2) is 6.96. The lowest BCUT2D eigenvalue weighted by molar-refractivity contribution is 0.0937. The monoisotopic (exact) mass is 329 g/mol. The molecule has 1 aliphatic heterocycles. The zero-order chi connectivity index (χ0) is 17.1. The second-order valence-corrected chi connectivity index (χ2v) is 6.17. The molecule has 0 fully saturated rings. The van der Waals surface area contributed by atoms with Crippen molar-refractivity contribution in [2.75, 3.05) is 38.6 Å². The molecule has 8 nitrogen and oxygen atoms in total. The van der Waals surface area contributed by atoms with Crippen LogP contribution in [0, 0.1) is 0 Å². The molecule has 3 heterocycles. The largest absolute Gasteiger partial charge is 0.348 e. The Morgan fingerprint density at radius 1 is 1.33 bits per heavy atom. The maximum absolute atomic E-state index is 12.4. The molecular formula is C16H23N7O. The van der Waals surface area contributed by atoms with Crippen molar-refractivity contribution in [2.45, 2.75) is 13.0 Å². The summed E-state index contributed by atoms with van der Waals surface area (Å²) in [7, 11) is 5.86. The third-order valence-electron chi connectivity index (χ3n) is 4.14. The van der Waals surface area contributed by atoms with Gasteiger partial charge < -0.3 is 19.7 Å². The summed E-state index contributed by atoms with van der Waals surface area (Å²) in [5, 5.41) is 2.92. The predicted octanol–water partition coefficient (Wildman–Crippen LogP) is 0.0642. The SMILES string of the molecule is CN(C)CCNC(=O)c1nc2c(n1C)CCN(c1ncccn1)C2. The van der Waals surface area contributed by atoms with Crippen LogP contribution in [-0.2, 0) is 20.0 Å². The van der Waals surface area contributed by atoms with E-state index < -0.39 is 0 Å². The van der Waals surface area contributed by atoms with Crippen molar-refractivity contribution in [3.05, 3.63) is 35.7 Å². The molecule has 0 radical (unpaired) electrons. The van der Waals surface area contributed by atoms with E-state index in [0.29, 0.717) is 24.9 Å². The number of aromatic nitrogens is 4. The minimum Gasteiger partial charge on any atom is -0.348 e. The number of rotatable bonds is 5. The highest BCUT2D eigenvalue weighted by Crippen LogP contribution is 2.21.